The zero-order valence-electron chi connectivity index (χ0n) is 19.2. The van der Waals surface area contributed by atoms with Gasteiger partial charge in [-0.1, -0.05) is 18.5 Å². The Bertz CT molecular complexity index is 811. The average Bonchev–Trinajstić information content (AvgIpc) is 3.10. The van der Waals surface area contributed by atoms with Gasteiger partial charge in [0.05, 0.1) is 0 Å². The van der Waals surface area contributed by atoms with Crippen molar-refractivity contribution in [2.75, 3.05) is 32.7 Å². The van der Waals surface area contributed by atoms with Crippen LogP contribution in [0.3, 0.4) is 0 Å². The minimum Gasteiger partial charge on any atom is -0.360 e. The summed E-state index contributed by atoms with van der Waals surface area (Å²) in [4.78, 5) is 15.1. The first-order valence-electron chi connectivity index (χ1n) is 11.8. The van der Waals surface area contributed by atoms with Crippen molar-refractivity contribution in [2.24, 2.45) is 5.92 Å². The molecule has 8 nitrogen and oxygen atoms in total. The molecule has 3 rings (SSSR count). The number of sulfonamides is 1. The van der Waals surface area contributed by atoms with Crippen molar-refractivity contribution in [3.63, 3.8) is 0 Å². The van der Waals surface area contributed by atoms with E-state index in [1.165, 1.54) is 36.5 Å². The van der Waals surface area contributed by atoms with Crippen LogP contribution in [0.4, 0.5) is 0 Å². The summed E-state index contributed by atoms with van der Waals surface area (Å²) in [5, 5.41) is 6.83. The first-order chi connectivity index (χ1) is 14.8. The lowest BCUT2D eigenvalue weighted by Gasteiger charge is -2.35. The Balaban J connectivity index is 1.37. The fraction of sp³-hybridized carbons (Fsp3) is 0.818. The number of piperidine rings is 2. The van der Waals surface area contributed by atoms with Crippen molar-refractivity contribution in [2.45, 2.75) is 83.1 Å². The first kappa shape index (κ1) is 24.2. The molecule has 2 fully saturated rings. The van der Waals surface area contributed by atoms with Crippen LogP contribution in [-0.4, -0.2) is 67.5 Å². The molecule has 0 unspecified atom stereocenters. The maximum atomic E-state index is 12.9. The molecule has 2 aliphatic rings. The van der Waals surface area contributed by atoms with Crippen LogP contribution in [0.2, 0.25) is 0 Å². The highest BCUT2D eigenvalue weighted by atomic mass is 32.2. The lowest BCUT2D eigenvalue weighted by molar-refractivity contribution is -0.122. The van der Waals surface area contributed by atoms with Gasteiger partial charge in [-0.2, -0.15) is 4.31 Å². The monoisotopic (exact) mass is 454 g/mol. The number of carbonyl (C=O) groups is 1. The van der Waals surface area contributed by atoms with Gasteiger partial charge in [0, 0.05) is 38.6 Å². The van der Waals surface area contributed by atoms with Crippen molar-refractivity contribution in [1.82, 2.24) is 19.7 Å². The molecule has 1 N–H and O–H groups in total. The maximum Gasteiger partial charge on any atom is 0.248 e. The summed E-state index contributed by atoms with van der Waals surface area (Å²) in [5.74, 6) is 0.634. The lowest BCUT2D eigenvalue weighted by Crippen LogP contribution is -2.41. The number of likely N-dealkylation sites (tertiary alicyclic amines) is 1. The third-order valence-corrected chi connectivity index (χ3v) is 8.92. The van der Waals surface area contributed by atoms with Crippen LogP contribution in [0.15, 0.2) is 9.42 Å². The molecule has 3 heterocycles. The van der Waals surface area contributed by atoms with Gasteiger partial charge in [0.1, 0.15) is 10.6 Å². The van der Waals surface area contributed by atoms with E-state index in [1.807, 2.05) is 0 Å². The largest absolute Gasteiger partial charge is 0.360 e. The minimum atomic E-state index is -3.60. The molecule has 2 saturated heterocycles. The molecule has 0 aliphatic carbocycles. The standard InChI is InChI=1S/C22H38N4O4S/c1-4-20-8-5-6-12-25(20)13-7-11-23-21(27)16-19-9-14-26(15-10-19)31(28,29)22-17(2)24-30-18(22)3/h19-20H,4-16H2,1-3H3,(H,23,27)/t20-/m1/s1. The van der Waals surface area contributed by atoms with Crippen molar-refractivity contribution < 1.29 is 17.7 Å². The van der Waals surface area contributed by atoms with E-state index in [1.54, 1.807) is 13.8 Å². The van der Waals surface area contributed by atoms with Crippen LogP contribution < -0.4 is 5.32 Å². The molecule has 0 aromatic carbocycles. The van der Waals surface area contributed by atoms with Gasteiger partial charge in [0.25, 0.3) is 0 Å². The van der Waals surface area contributed by atoms with Gasteiger partial charge in [0.2, 0.25) is 15.9 Å². The quantitative estimate of drug-likeness (QED) is 0.577. The zero-order valence-corrected chi connectivity index (χ0v) is 20.0. The Labute approximate surface area is 186 Å². The molecular weight excluding hydrogens is 416 g/mol. The predicted molar refractivity (Wildman–Crippen MR) is 119 cm³/mol. The van der Waals surface area contributed by atoms with Gasteiger partial charge in [-0.3, -0.25) is 4.79 Å². The molecule has 1 atom stereocenters. The van der Waals surface area contributed by atoms with E-state index in [9.17, 15) is 13.2 Å². The molecule has 31 heavy (non-hydrogen) atoms. The van der Waals surface area contributed by atoms with Crippen LogP contribution in [-0.2, 0) is 14.8 Å². The summed E-state index contributed by atoms with van der Waals surface area (Å²) in [5.41, 5.74) is 0.397. The van der Waals surface area contributed by atoms with E-state index >= 15 is 0 Å². The zero-order chi connectivity index (χ0) is 22.4. The number of aryl methyl sites for hydroxylation is 2. The maximum absolute atomic E-state index is 12.9. The third-order valence-electron chi connectivity index (χ3n) is 6.78. The second-order valence-electron chi connectivity index (χ2n) is 9.00. The van der Waals surface area contributed by atoms with Crippen LogP contribution in [0.1, 0.15) is 69.7 Å². The van der Waals surface area contributed by atoms with Crippen molar-refractivity contribution >= 4 is 15.9 Å². The molecule has 0 spiro atoms. The van der Waals surface area contributed by atoms with Crippen LogP contribution in [0.25, 0.3) is 0 Å². The average molecular weight is 455 g/mol. The molecule has 1 amide bonds. The number of carbonyl (C=O) groups excluding carboxylic acids is 1. The van der Waals surface area contributed by atoms with Crippen molar-refractivity contribution in [1.29, 1.82) is 0 Å². The Morgan fingerprint density at radius 2 is 1.90 bits per heavy atom. The van der Waals surface area contributed by atoms with Crippen LogP contribution >= 0.6 is 0 Å². The summed E-state index contributed by atoms with van der Waals surface area (Å²) in [7, 11) is -3.60. The molecule has 0 bridgehead atoms. The molecular formula is C22H38N4O4S. The second-order valence-corrected chi connectivity index (χ2v) is 10.9. The third kappa shape index (κ3) is 6.08. The normalized spacial score (nSPS) is 22.0. The van der Waals surface area contributed by atoms with Gasteiger partial charge < -0.3 is 14.7 Å². The number of hydrogen-bond donors (Lipinski definition) is 1. The number of hydrogen-bond acceptors (Lipinski definition) is 6. The van der Waals surface area contributed by atoms with E-state index < -0.39 is 10.0 Å². The Hall–Kier alpha value is -1.45. The van der Waals surface area contributed by atoms with Crippen LogP contribution in [0, 0.1) is 19.8 Å². The summed E-state index contributed by atoms with van der Waals surface area (Å²) in [6.45, 7) is 9.33. The summed E-state index contributed by atoms with van der Waals surface area (Å²) < 4.78 is 32.4. The predicted octanol–water partition coefficient (Wildman–Crippen LogP) is 2.85. The molecule has 9 heteroatoms. The van der Waals surface area contributed by atoms with Crippen molar-refractivity contribution in [3.05, 3.63) is 11.5 Å². The summed E-state index contributed by atoms with van der Waals surface area (Å²) >= 11 is 0. The highest BCUT2D eigenvalue weighted by molar-refractivity contribution is 7.89. The number of aromatic nitrogens is 1. The van der Waals surface area contributed by atoms with Crippen LogP contribution in [0.5, 0.6) is 0 Å². The Morgan fingerprint density at radius 1 is 1.16 bits per heavy atom. The molecule has 1 aromatic heterocycles. The van der Waals surface area contributed by atoms with E-state index in [4.69, 9.17) is 4.52 Å². The number of amides is 1. The van der Waals surface area contributed by atoms with Gasteiger partial charge >= 0.3 is 0 Å². The van der Waals surface area contributed by atoms with Gasteiger partial charge in [-0.15, -0.1) is 0 Å². The number of nitrogens with one attached hydrogen (secondary N) is 1. The van der Waals surface area contributed by atoms with E-state index in [-0.39, 0.29) is 16.7 Å². The fourth-order valence-electron chi connectivity index (χ4n) is 4.99. The van der Waals surface area contributed by atoms with E-state index in [0.29, 0.717) is 56.4 Å². The fourth-order valence-corrected chi connectivity index (χ4v) is 6.75. The number of nitrogens with zero attached hydrogens (tertiary/aromatic N) is 3. The molecule has 0 radical (unpaired) electrons. The summed E-state index contributed by atoms with van der Waals surface area (Å²) in [6.07, 6.45) is 7.98. The summed E-state index contributed by atoms with van der Waals surface area (Å²) in [6, 6.07) is 0.705. The SMILES string of the molecule is CC[C@@H]1CCCCN1CCCNC(=O)CC1CCN(S(=O)(=O)c2c(C)noc2C)CC1. The highest BCUT2D eigenvalue weighted by Gasteiger charge is 2.34. The Morgan fingerprint density at radius 3 is 2.55 bits per heavy atom. The molecule has 1 aromatic rings. The topological polar surface area (TPSA) is 95.8 Å². The van der Waals surface area contributed by atoms with Gasteiger partial charge in [0.15, 0.2) is 5.76 Å². The van der Waals surface area contributed by atoms with Gasteiger partial charge in [-0.05, 0) is 64.8 Å². The molecule has 0 saturated carbocycles. The lowest BCUT2D eigenvalue weighted by atomic mass is 9.94. The Kier molecular flexibility index (Phi) is 8.52. The van der Waals surface area contributed by atoms with E-state index in [0.717, 1.165) is 13.0 Å². The number of rotatable bonds is 9. The second kappa shape index (κ2) is 10.9. The molecule has 2 aliphatic heterocycles. The van der Waals surface area contributed by atoms with Crippen molar-refractivity contribution in [3.8, 4) is 0 Å². The molecule has 176 valence electrons. The smallest absolute Gasteiger partial charge is 0.248 e. The van der Waals surface area contributed by atoms with E-state index in [2.05, 4.69) is 22.3 Å². The first-order valence-corrected chi connectivity index (χ1v) is 13.2. The minimum absolute atomic E-state index is 0.0812. The highest BCUT2D eigenvalue weighted by Crippen LogP contribution is 2.28. The van der Waals surface area contributed by atoms with Gasteiger partial charge in [-0.25, -0.2) is 8.42 Å².